The molecule has 238 valence electrons. The first kappa shape index (κ1) is 31.0. The third kappa shape index (κ3) is 4.86. The lowest BCUT2D eigenvalue weighted by molar-refractivity contribution is -0.168. The van der Waals surface area contributed by atoms with E-state index in [1.807, 2.05) is 12.1 Å². The van der Waals surface area contributed by atoms with Crippen LogP contribution in [0.25, 0.3) is 5.76 Å². The van der Waals surface area contributed by atoms with Gasteiger partial charge >= 0.3 is 0 Å². The van der Waals surface area contributed by atoms with Crippen LogP contribution in [-0.2, 0) is 33.6 Å². The lowest BCUT2D eigenvalue weighted by Gasteiger charge is -2.52. The molecule has 0 radical (unpaired) electrons. The maximum absolute atomic E-state index is 14.1. The van der Waals surface area contributed by atoms with Crippen LogP contribution < -0.4 is 5.73 Å². The van der Waals surface area contributed by atoms with Gasteiger partial charge in [0.05, 0.1) is 23.6 Å². The number of hydrogen-bond acceptors (Lipinski definition) is 9. The monoisotopic (exact) mass is 616 g/mol. The minimum absolute atomic E-state index is 0.0359. The van der Waals surface area contributed by atoms with Crippen molar-refractivity contribution in [1.82, 2.24) is 4.90 Å². The molecule has 1 amide bonds. The Bertz CT molecular complexity index is 1620. The van der Waals surface area contributed by atoms with Crippen LogP contribution in [0, 0.1) is 23.7 Å². The Morgan fingerprint density at radius 1 is 0.956 bits per heavy atom. The van der Waals surface area contributed by atoms with Crippen LogP contribution in [0.15, 0.2) is 59.4 Å². The second-order valence-corrected chi connectivity index (χ2v) is 13.4. The van der Waals surface area contributed by atoms with Gasteiger partial charge in [-0.05, 0) is 87.6 Å². The summed E-state index contributed by atoms with van der Waals surface area (Å²) in [4.78, 5) is 40.9. The Kier molecular flexibility index (Phi) is 7.87. The minimum atomic E-state index is -2.91. The summed E-state index contributed by atoms with van der Waals surface area (Å²) in [6, 6.07) is 12.7. The van der Waals surface area contributed by atoms with E-state index in [0.29, 0.717) is 29.4 Å². The SMILES string of the molecule is CN(C)[C@H]1C(=O)C(C(N)=O)=C(O)[C@]2(O)C(=O)C3=C(O)c4c(ccc(CC5CCC(Cc6ccccc6)CC5)c4O)C[C@@H]3[C@@H](O)[C@H]12. The van der Waals surface area contributed by atoms with E-state index in [9.17, 15) is 39.9 Å². The third-order valence-electron chi connectivity index (χ3n) is 10.6. The summed E-state index contributed by atoms with van der Waals surface area (Å²) in [5.74, 6) is -7.06. The van der Waals surface area contributed by atoms with Gasteiger partial charge in [0.15, 0.2) is 11.4 Å². The number of likely N-dealkylation sites (N-methyl/N-ethyl adjacent to an activating group) is 1. The van der Waals surface area contributed by atoms with Gasteiger partial charge in [0.2, 0.25) is 5.78 Å². The number of carbonyl (C=O) groups excluding carboxylic acids is 3. The number of nitrogens with two attached hydrogens (primary N) is 1. The summed E-state index contributed by atoms with van der Waals surface area (Å²) in [6.45, 7) is 0. The van der Waals surface area contributed by atoms with E-state index in [0.717, 1.165) is 32.1 Å². The van der Waals surface area contributed by atoms with E-state index in [1.54, 1.807) is 6.07 Å². The van der Waals surface area contributed by atoms with Gasteiger partial charge in [0, 0.05) is 11.5 Å². The summed E-state index contributed by atoms with van der Waals surface area (Å²) in [5, 5.41) is 57.4. The number of phenolic OH excluding ortho intramolecular Hbond substituents is 1. The first-order chi connectivity index (χ1) is 21.4. The van der Waals surface area contributed by atoms with E-state index >= 15 is 0 Å². The number of aromatic hydroxyl groups is 1. The topological polar surface area (TPSA) is 182 Å². The van der Waals surface area contributed by atoms with E-state index in [-0.39, 0.29) is 23.3 Å². The molecule has 0 aliphatic heterocycles. The Labute approximate surface area is 261 Å². The molecule has 2 aromatic carbocycles. The molecule has 4 aliphatic carbocycles. The van der Waals surface area contributed by atoms with Crippen LogP contribution in [0.2, 0.25) is 0 Å². The molecular formula is C35H40N2O8. The number of ketones is 2. The van der Waals surface area contributed by atoms with E-state index in [1.165, 1.54) is 24.6 Å². The van der Waals surface area contributed by atoms with Gasteiger partial charge in [-0.25, -0.2) is 0 Å². The average Bonchev–Trinajstić information content (AvgIpc) is 3.00. The molecule has 4 aliphatic rings. The Hall–Kier alpha value is -3.99. The molecule has 0 heterocycles. The van der Waals surface area contributed by atoms with E-state index < -0.39 is 64.1 Å². The molecule has 45 heavy (non-hydrogen) atoms. The Balaban J connectivity index is 1.31. The average molecular weight is 617 g/mol. The lowest BCUT2D eigenvalue weighted by Crippen LogP contribution is -2.70. The number of phenols is 1. The highest BCUT2D eigenvalue weighted by Crippen LogP contribution is 2.53. The Morgan fingerprint density at radius 2 is 1.58 bits per heavy atom. The van der Waals surface area contributed by atoms with Crippen molar-refractivity contribution in [3.8, 4) is 5.75 Å². The van der Waals surface area contributed by atoms with Gasteiger partial charge in [-0.2, -0.15) is 0 Å². The normalized spacial score (nSPS) is 31.5. The number of nitrogens with zero attached hydrogens (tertiary/aromatic N) is 1. The smallest absolute Gasteiger partial charge is 0.255 e. The zero-order chi connectivity index (χ0) is 32.4. The van der Waals surface area contributed by atoms with Crippen molar-refractivity contribution in [2.24, 2.45) is 29.4 Å². The van der Waals surface area contributed by atoms with Gasteiger partial charge < -0.3 is 31.3 Å². The molecule has 0 unspecified atom stereocenters. The van der Waals surface area contributed by atoms with Crippen LogP contribution >= 0.6 is 0 Å². The number of hydrogen-bond donors (Lipinski definition) is 6. The summed E-state index contributed by atoms with van der Waals surface area (Å²) in [5.41, 5.74) is 3.69. The van der Waals surface area contributed by atoms with Crippen molar-refractivity contribution in [3.05, 3.63) is 81.6 Å². The number of amides is 1. The minimum Gasteiger partial charge on any atom is -0.508 e. The number of aliphatic hydroxyl groups is 4. The highest BCUT2D eigenvalue weighted by Gasteiger charge is 2.67. The van der Waals surface area contributed by atoms with E-state index in [4.69, 9.17) is 5.73 Å². The predicted molar refractivity (Wildman–Crippen MR) is 165 cm³/mol. The highest BCUT2D eigenvalue weighted by molar-refractivity contribution is 6.24. The molecule has 0 saturated heterocycles. The van der Waals surface area contributed by atoms with E-state index in [2.05, 4.69) is 24.3 Å². The van der Waals surface area contributed by atoms with Gasteiger partial charge in [-0.3, -0.25) is 19.3 Å². The second kappa shape index (κ2) is 11.4. The van der Waals surface area contributed by atoms with Crippen LogP contribution in [0.3, 0.4) is 0 Å². The number of fused-ring (bicyclic) bond motifs is 3. The number of aliphatic hydroxyl groups excluding tert-OH is 3. The molecule has 2 fully saturated rings. The fourth-order valence-electron chi connectivity index (χ4n) is 8.34. The highest BCUT2D eigenvalue weighted by atomic mass is 16.4. The number of Topliss-reactive ketones (excluding diaryl/α,β-unsaturated/α-hetero) is 2. The molecule has 0 bridgehead atoms. The first-order valence-corrected chi connectivity index (χ1v) is 15.6. The number of primary amides is 1. The maximum Gasteiger partial charge on any atom is 0.255 e. The van der Waals surface area contributed by atoms with Crippen molar-refractivity contribution in [2.45, 2.75) is 62.7 Å². The van der Waals surface area contributed by atoms with Crippen LogP contribution in [0.1, 0.15) is 47.9 Å². The zero-order valence-electron chi connectivity index (χ0n) is 25.4. The molecule has 10 nitrogen and oxygen atoms in total. The molecule has 0 spiro atoms. The molecule has 5 atom stereocenters. The fourth-order valence-corrected chi connectivity index (χ4v) is 8.34. The predicted octanol–water partition coefficient (Wildman–Crippen LogP) is 2.53. The second-order valence-electron chi connectivity index (χ2n) is 13.4. The van der Waals surface area contributed by atoms with Crippen LogP contribution in [-0.4, -0.2) is 79.7 Å². The summed E-state index contributed by atoms with van der Waals surface area (Å²) >= 11 is 0. The number of rotatable bonds is 6. The molecule has 6 rings (SSSR count). The summed E-state index contributed by atoms with van der Waals surface area (Å²) < 4.78 is 0. The van der Waals surface area contributed by atoms with Crippen LogP contribution in [0.5, 0.6) is 5.75 Å². The first-order valence-electron chi connectivity index (χ1n) is 15.6. The van der Waals surface area contributed by atoms with Crippen molar-refractivity contribution in [1.29, 1.82) is 0 Å². The summed E-state index contributed by atoms with van der Waals surface area (Å²) in [7, 11) is 2.96. The van der Waals surface area contributed by atoms with Gasteiger partial charge in [-0.15, -0.1) is 0 Å². The number of carbonyl (C=O) groups is 3. The largest absolute Gasteiger partial charge is 0.508 e. The standard InChI is InChI=1S/C35H40N2O8/c1-37(2)27-26-29(39)22-16-20-12-13-21(15-19-10-8-18(9-11-19)14-17-6-4-3-5-7-17)28(38)23(20)30(40)24(22)32(42)35(26,45)33(43)25(31(27)41)34(36)44/h3-7,12-13,18-19,22,26-27,29,38-40,43,45H,8-11,14-16H2,1-2H3,(H2,36,44)/t18?,19?,22-,26-,27+,29+,35+/m0/s1. The lowest BCUT2D eigenvalue weighted by atomic mass is 9.56. The fraction of sp³-hybridized carbons (Fsp3) is 0.457. The maximum atomic E-state index is 14.1. The molecular weight excluding hydrogens is 576 g/mol. The zero-order valence-corrected chi connectivity index (χ0v) is 25.4. The van der Waals surface area contributed by atoms with Crippen molar-refractivity contribution in [3.63, 3.8) is 0 Å². The molecule has 2 aromatic rings. The van der Waals surface area contributed by atoms with Gasteiger partial charge in [0.25, 0.3) is 5.91 Å². The van der Waals surface area contributed by atoms with Crippen molar-refractivity contribution in [2.75, 3.05) is 14.1 Å². The Morgan fingerprint density at radius 3 is 2.18 bits per heavy atom. The molecule has 10 heteroatoms. The van der Waals surface area contributed by atoms with Crippen LogP contribution in [0.4, 0.5) is 0 Å². The summed E-state index contributed by atoms with van der Waals surface area (Å²) in [6.07, 6.45) is 4.24. The number of benzene rings is 2. The molecule has 7 N–H and O–H groups in total. The van der Waals surface area contributed by atoms with Gasteiger partial charge in [-0.1, -0.05) is 42.5 Å². The van der Waals surface area contributed by atoms with Gasteiger partial charge in [0.1, 0.15) is 22.8 Å². The third-order valence-corrected chi connectivity index (χ3v) is 10.6. The molecule has 0 aromatic heterocycles. The van der Waals surface area contributed by atoms with Crippen molar-refractivity contribution >= 4 is 23.2 Å². The van der Waals surface area contributed by atoms with Crippen molar-refractivity contribution < 1.29 is 39.9 Å². The molecule has 2 saturated carbocycles. The quantitative estimate of drug-likeness (QED) is 0.266.